The van der Waals surface area contributed by atoms with Gasteiger partial charge in [-0.2, -0.15) is 0 Å². The first-order valence-electron chi connectivity index (χ1n) is 12.1. The number of nitrogens with zero attached hydrogens (tertiary/aromatic N) is 2. The maximum absolute atomic E-state index is 6.58. The van der Waals surface area contributed by atoms with E-state index in [4.69, 9.17) is 11.5 Å². The molecule has 0 aromatic carbocycles. The maximum Gasteiger partial charge on any atom is 0.124 e. The highest BCUT2D eigenvalue weighted by molar-refractivity contribution is 4.99. The largest absolute Gasteiger partial charge is 0.330 e. The van der Waals surface area contributed by atoms with Gasteiger partial charge in [-0.1, -0.05) is 40.5 Å². The molecule has 0 saturated carbocycles. The van der Waals surface area contributed by atoms with Crippen LogP contribution in [0.4, 0.5) is 0 Å². The third-order valence-corrected chi connectivity index (χ3v) is 5.53. The van der Waals surface area contributed by atoms with E-state index >= 15 is 0 Å². The van der Waals surface area contributed by atoms with Crippen LogP contribution in [-0.4, -0.2) is 59.5 Å². The molecule has 0 aromatic rings. The highest BCUT2D eigenvalue weighted by atomic mass is 15.6. The normalized spacial score (nSPS) is 19.9. The molecule has 0 radical (unpaired) electrons. The Morgan fingerprint density at radius 1 is 0.931 bits per heavy atom. The summed E-state index contributed by atoms with van der Waals surface area (Å²) < 4.78 is 0. The zero-order valence-corrected chi connectivity index (χ0v) is 21.0. The zero-order valence-electron chi connectivity index (χ0n) is 21.0. The summed E-state index contributed by atoms with van der Waals surface area (Å²) >= 11 is 0. The molecule has 1 rings (SSSR count). The summed E-state index contributed by atoms with van der Waals surface area (Å²) in [6.45, 7) is 21.9. The Balaban J connectivity index is 0.00000178. The van der Waals surface area contributed by atoms with Crippen molar-refractivity contribution in [2.24, 2.45) is 11.5 Å². The van der Waals surface area contributed by atoms with Crippen LogP contribution >= 0.6 is 0 Å². The molecule has 6 N–H and O–H groups in total. The van der Waals surface area contributed by atoms with E-state index in [9.17, 15) is 0 Å². The van der Waals surface area contributed by atoms with Crippen LogP contribution in [0.15, 0.2) is 0 Å². The predicted molar refractivity (Wildman–Crippen MR) is 129 cm³/mol. The van der Waals surface area contributed by atoms with Gasteiger partial charge in [0.1, 0.15) is 6.29 Å². The number of hydrogen-bond acceptors (Lipinski definition) is 6. The van der Waals surface area contributed by atoms with Gasteiger partial charge in [0.2, 0.25) is 0 Å². The molecule has 0 aliphatic carbocycles. The second-order valence-corrected chi connectivity index (χ2v) is 9.85. The summed E-state index contributed by atoms with van der Waals surface area (Å²) in [5.74, 6) is 0. The molecule has 6 heteroatoms. The molecule has 29 heavy (non-hydrogen) atoms. The number of hydrogen-bond donors (Lipinski definition) is 4. The summed E-state index contributed by atoms with van der Waals surface area (Å²) in [7, 11) is 0. The van der Waals surface area contributed by atoms with Crippen molar-refractivity contribution in [3.8, 4) is 0 Å². The highest BCUT2D eigenvalue weighted by Crippen LogP contribution is 2.31. The predicted octanol–water partition coefficient (Wildman–Crippen LogP) is 3.62. The third kappa shape index (κ3) is 12.3. The van der Waals surface area contributed by atoms with Crippen molar-refractivity contribution in [1.29, 1.82) is 0 Å². The van der Waals surface area contributed by atoms with Crippen molar-refractivity contribution in [1.82, 2.24) is 20.7 Å². The molecule has 0 bridgehead atoms. The summed E-state index contributed by atoms with van der Waals surface area (Å²) in [6.07, 6.45) is 8.10. The molecule has 1 atom stereocenters. The molecule has 0 spiro atoms. The van der Waals surface area contributed by atoms with Crippen LogP contribution in [0.1, 0.15) is 100 Å². The minimum absolute atomic E-state index is 0.0980. The summed E-state index contributed by atoms with van der Waals surface area (Å²) in [5.41, 5.74) is 15.5. The van der Waals surface area contributed by atoms with E-state index < -0.39 is 0 Å². The summed E-state index contributed by atoms with van der Waals surface area (Å²) in [6, 6.07) is 0.501. The second-order valence-electron chi connectivity index (χ2n) is 9.85. The molecular weight excluding hydrogens is 360 g/mol. The number of rotatable bonds is 12. The Bertz CT molecular complexity index is 373. The maximum atomic E-state index is 6.58. The van der Waals surface area contributed by atoms with Crippen LogP contribution in [0.3, 0.4) is 0 Å². The molecule has 176 valence electrons. The van der Waals surface area contributed by atoms with Gasteiger partial charge in [0.05, 0.1) is 0 Å². The molecule has 1 saturated heterocycles. The van der Waals surface area contributed by atoms with Crippen LogP contribution in [0.2, 0.25) is 0 Å². The Hall–Kier alpha value is -0.240. The highest BCUT2D eigenvalue weighted by Gasteiger charge is 2.40. The van der Waals surface area contributed by atoms with E-state index in [1.54, 1.807) is 0 Å². The number of unbranched alkanes of at least 4 members (excludes halogenated alkanes) is 2. The molecule has 1 unspecified atom stereocenters. The van der Waals surface area contributed by atoms with Crippen molar-refractivity contribution < 1.29 is 0 Å². The minimum Gasteiger partial charge on any atom is -0.330 e. The third-order valence-electron chi connectivity index (χ3n) is 5.53. The Morgan fingerprint density at radius 3 is 1.72 bits per heavy atom. The Labute approximate surface area is 182 Å². The molecular formula is C23H54N6. The van der Waals surface area contributed by atoms with Gasteiger partial charge >= 0.3 is 0 Å². The van der Waals surface area contributed by atoms with Crippen molar-refractivity contribution in [2.45, 2.75) is 124 Å². The molecule has 1 fully saturated rings. The van der Waals surface area contributed by atoms with Crippen LogP contribution in [0, 0.1) is 0 Å². The first-order valence-corrected chi connectivity index (χ1v) is 12.1. The zero-order chi connectivity index (χ0) is 22.5. The lowest BCUT2D eigenvalue weighted by Crippen LogP contribution is -2.66. The SMILES string of the molecule is CCCCN(CCCC)C(N)NN(CC)C1CC(C)(C)NC(C)(C)C1.CCCN. The number of nitrogens with two attached hydrogens (primary N) is 2. The Morgan fingerprint density at radius 2 is 1.38 bits per heavy atom. The van der Waals surface area contributed by atoms with E-state index in [0.717, 1.165) is 45.4 Å². The van der Waals surface area contributed by atoms with Crippen molar-refractivity contribution in [2.75, 3.05) is 26.2 Å². The fourth-order valence-corrected chi connectivity index (χ4v) is 4.31. The van der Waals surface area contributed by atoms with E-state index in [-0.39, 0.29) is 17.4 Å². The van der Waals surface area contributed by atoms with E-state index in [0.29, 0.717) is 6.04 Å². The van der Waals surface area contributed by atoms with Crippen LogP contribution < -0.4 is 22.2 Å². The topological polar surface area (TPSA) is 82.6 Å². The van der Waals surface area contributed by atoms with Gasteiger partial charge in [-0.25, -0.2) is 10.4 Å². The van der Waals surface area contributed by atoms with E-state index in [2.05, 4.69) is 76.0 Å². The molecule has 0 aromatic heterocycles. The summed E-state index contributed by atoms with van der Waals surface area (Å²) in [5, 5.41) is 6.17. The van der Waals surface area contributed by atoms with E-state index in [1.165, 1.54) is 25.7 Å². The first-order chi connectivity index (χ1) is 13.6. The average Bonchev–Trinajstić information content (AvgIpc) is 2.63. The number of nitrogens with one attached hydrogen (secondary N) is 2. The molecule has 1 aliphatic heterocycles. The lowest BCUT2D eigenvalue weighted by molar-refractivity contribution is -0.00471. The minimum atomic E-state index is -0.0980. The number of hydrazine groups is 1. The monoisotopic (exact) mass is 414 g/mol. The smallest absolute Gasteiger partial charge is 0.124 e. The van der Waals surface area contributed by atoms with E-state index in [1.807, 2.05) is 0 Å². The number of piperidine rings is 1. The average molecular weight is 415 g/mol. The van der Waals surface area contributed by atoms with Gasteiger partial charge in [-0.3, -0.25) is 4.90 Å². The van der Waals surface area contributed by atoms with Crippen molar-refractivity contribution in [3.63, 3.8) is 0 Å². The Kier molecular flexibility index (Phi) is 14.6. The standard InChI is InChI=1S/C20H45N5.C3H9N/c1-8-11-13-24(14-12-9-2)18(21)22-25(10-3)17-15-19(4,5)23-20(6,7)16-17;1-2-3-4/h17-18,22-23H,8-16,21H2,1-7H3;2-4H2,1H3. The van der Waals surface area contributed by atoms with Crippen LogP contribution in [0.5, 0.6) is 0 Å². The molecule has 1 aliphatic rings. The van der Waals surface area contributed by atoms with Crippen molar-refractivity contribution >= 4 is 0 Å². The van der Waals surface area contributed by atoms with Gasteiger partial charge in [-0.15, -0.1) is 0 Å². The molecule has 6 nitrogen and oxygen atoms in total. The summed E-state index contributed by atoms with van der Waals surface area (Å²) in [4.78, 5) is 2.41. The van der Waals surface area contributed by atoms with Gasteiger partial charge in [-0.05, 0) is 66.3 Å². The molecule has 1 heterocycles. The van der Waals surface area contributed by atoms with Gasteiger partial charge in [0, 0.05) is 36.8 Å². The molecule has 0 amide bonds. The lowest BCUT2D eigenvalue weighted by atomic mass is 9.79. The van der Waals surface area contributed by atoms with Crippen molar-refractivity contribution in [3.05, 3.63) is 0 Å². The second kappa shape index (κ2) is 14.7. The fourth-order valence-electron chi connectivity index (χ4n) is 4.31. The van der Waals surface area contributed by atoms with Crippen LogP contribution in [0.25, 0.3) is 0 Å². The first kappa shape index (κ1) is 28.8. The van der Waals surface area contributed by atoms with Gasteiger partial charge in [0.25, 0.3) is 0 Å². The lowest BCUT2D eigenvalue weighted by Gasteiger charge is -2.50. The van der Waals surface area contributed by atoms with Crippen LogP contribution in [-0.2, 0) is 0 Å². The quantitative estimate of drug-likeness (QED) is 0.288. The van der Waals surface area contributed by atoms with Gasteiger partial charge in [0.15, 0.2) is 0 Å². The fraction of sp³-hybridized carbons (Fsp3) is 1.00. The van der Waals surface area contributed by atoms with Gasteiger partial charge < -0.3 is 16.8 Å².